The van der Waals surface area contributed by atoms with Crippen LogP contribution in [0.2, 0.25) is 0 Å². The van der Waals surface area contributed by atoms with Crippen molar-refractivity contribution >= 4 is 23.5 Å². The molecule has 15 heteroatoms. The van der Waals surface area contributed by atoms with Gasteiger partial charge in [-0.15, -0.1) is 20.4 Å². The Morgan fingerprint density at radius 3 is 1.71 bits per heavy atom. The molecule has 0 unspecified atom stereocenters. The molecule has 0 fully saturated rings. The number of rotatable bonds is 4. The normalized spacial score (nSPS) is 9.33. The van der Waals surface area contributed by atoms with Gasteiger partial charge in [-0.25, -0.2) is 4.98 Å². The van der Waals surface area contributed by atoms with E-state index >= 15 is 0 Å². The summed E-state index contributed by atoms with van der Waals surface area (Å²) in [5.41, 5.74) is 0. The molecule has 0 bridgehead atoms. The van der Waals surface area contributed by atoms with E-state index in [-0.39, 0.29) is 85.3 Å². The first kappa shape index (κ1) is 20.3. The van der Waals surface area contributed by atoms with Crippen molar-refractivity contribution in [2.24, 2.45) is 0 Å². The summed E-state index contributed by atoms with van der Waals surface area (Å²) in [4.78, 5) is 27.5. The number of carbonyl (C=O) groups is 2. The minimum absolute atomic E-state index is 0. The monoisotopic (exact) mass is 349 g/mol. The van der Waals surface area contributed by atoms with E-state index in [1.807, 2.05) is 0 Å². The molecule has 3 rings (SSSR count). The Morgan fingerprint density at radius 2 is 1.33 bits per heavy atom. The van der Waals surface area contributed by atoms with Gasteiger partial charge in [0.25, 0.3) is 23.5 Å². The smallest absolute Gasteiger partial charge is 1.00 e. The summed E-state index contributed by atoms with van der Waals surface area (Å²) in [5, 5.41) is 29.9. The first-order valence-electron chi connectivity index (χ1n) is 5.79. The molecule has 0 aliphatic carbocycles. The van der Waals surface area contributed by atoms with Crippen molar-refractivity contribution in [1.82, 2.24) is 46.2 Å². The molecule has 0 saturated heterocycles. The molecule has 13 nitrogen and oxygen atoms in total. The molecule has 0 aliphatic rings. The molecule has 0 aliphatic heterocycles. The minimum atomic E-state index is -0.595. The number of carbonyl (C=O) groups excluding carboxylic acids is 2. The van der Waals surface area contributed by atoms with Crippen molar-refractivity contribution in [2.75, 3.05) is 10.6 Å². The summed E-state index contributed by atoms with van der Waals surface area (Å²) in [6.07, 6.45) is 0. The number of pyridine rings is 1. The standard InChI is InChI=1S/C9H7N11O2.2Na.2H/c21-8(6-13-17-18-14-6)11-4-2-1-3-5(10-4)12-9(22)7-15-19-20-16-7;;;;/h1-3H,(H,13,14,17,18)(H,15,16,19,20)(H2,10,11,12,21,22);;;;/q;2*+1;2*-1. The van der Waals surface area contributed by atoms with Crippen LogP contribution in [0, 0.1) is 0 Å². The molecule has 0 aromatic carbocycles. The Labute approximate surface area is 180 Å². The molecule has 3 aromatic rings. The molecule has 0 radical (unpaired) electrons. The van der Waals surface area contributed by atoms with E-state index in [4.69, 9.17) is 0 Å². The van der Waals surface area contributed by atoms with Crippen LogP contribution in [0.15, 0.2) is 18.2 Å². The summed E-state index contributed by atoms with van der Waals surface area (Å²) in [6, 6.07) is 4.65. The van der Waals surface area contributed by atoms with Crippen LogP contribution in [0.1, 0.15) is 24.1 Å². The molecule has 0 saturated carbocycles. The number of anilines is 2. The van der Waals surface area contributed by atoms with Gasteiger partial charge in [0.1, 0.15) is 11.6 Å². The Kier molecular flexibility index (Phi) is 8.03. The van der Waals surface area contributed by atoms with E-state index in [2.05, 4.69) is 56.9 Å². The first-order chi connectivity index (χ1) is 10.7. The topological polar surface area (TPSA) is 180 Å². The number of tetrazole rings is 2. The van der Waals surface area contributed by atoms with Gasteiger partial charge >= 0.3 is 59.1 Å². The molecule has 0 spiro atoms. The van der Waals surface area contributed by atoms with Gasteiger partial charge in [0.2, 0.25) is 0 Å². The van der Waals surface area contributed by atoms with Crippen LogP contribution in [0.3, 0.4) is 0 Å². The number of aromatic amines is 2. The van der Waals surface area contributed by atoms with E-state index in [1.165, 1.54) is 12.1 Å². The number of nitrogens with one attached hydrogen (secondary N) is 4. The summed E-state index contributed by atoms with van der Waals surface area (Å²) in [7, 11) is 0. The third kappa shape index (κ3) is 5.12. The summed E-state index contributed by atoms with van der Waals surface area (Å²) in [6.45, 7) is 0. The van der Waals surface area contributed by atoms with E-state index in [0.29, 0.717) is 0 Å². The molecule has 0 atom stereocenters. The molecule has 3 heterocycles. The number of nitrogens with zero attached hydrogens (tertiary/aromatic N) is 7. The number of hydrogen-bond donors (Lipinski definition) is 4. The zero-order valence-electron chi connectivity index (χ0n) is 14.7. The van der Waals surface area contributed by atoms with E-state index in [0.717, 1.165) is 0 Å². The predicted octanol–water partition coefficient (Wildman–Crippen LogP) is -7.15. The number of amides is 2. The van der Waals surface area contributed by atoms with Gasteiger partial charge in [-0.2, -0.15) is 10.4 Å². The predicted molar refractivity (Wildman–Crippen MR) is 70.7 cm³/mol. The van der Waals surface area contributed by atoms with Crippen molar-refractivity contribution in [3.8, 4) is 0 Å². The van der Waals surface area contributed by atoms with Crippen LogP contribution in [-0.2, 0) is 0 Å². The van der Waals surface area contributed by atoms with Crippen molar-refractivity contribution in [3.05, 3.63) is 29.8 Å². The van der Waals surface area contributed by atoms with Crippen LogP contribution >= 0.6 is 0 Å². The average Bonchev–Trinajstić information content (AvgIpc) is 3.21. The van der Waals surface area contributed by atoms with E-state index in [9.17, 15) is 9.59 Å². The third-order valence-corrected chi connectivity index (χ3v) is 2.33. The fourth-order valence-corrected chi connectivity index (χ4v) is 1.43. The zero-order valence-corrected chi connectivity index (χ0v) is 16.7. The average molecular weight is 349 g/mol. The van der Waals surface area contributed by atoms with Crippen LogP contribution in [0.5, 0.6) is 0 Å². The maximum absolute atomic E-state index is 11.7. The van der Waals surface area contributed by atoms with Crippen LogP contribution < -0.4 is 69.7 Å². The quantitative estimate of drug-likeness (QED) is 0.333. The third-order valence-electron chi connectivity index (χ3n) is 2.33. The molecule has 4 N–H and O–H groups in total. The van der Waals surface area contributed by atoms with Gasteiger partial charge in [-0.1, -0.05) is 6.07 Å². The van der Waals surface area contributed by atoms with Gasteiger partial charge in [-0.3, -0.25) is 9.59 Å². The van der Waals surface area contributed by atoms with Gasteiger partial charge in [-0.05, 0) is 22.6 Å². The summed E-state index contributed by atoms with van der Waals surface area (Å²) < 4.78 is 0. The molecular formula is C9H9N11Na2O2. The van der Waals surface area contributed by atoms with E-state index in [1.54, 1.807) is 6.07 Å². The second kappa shape index (κ2) is 9.51. The van der Waals surface area contributed by atoms with Crippen LogP contribution in [0.25, 0.3) is 0 Å². The number of aromatic nitrogens is 9. The fraction of sp³-hybridized carbons (Fsp3) is 0. The zero-order chi connectivity index (χ0) is 15.4. The number of H-pyrrole nitrogens is 2. The van der Waals surface area contributed by atoms with Gasteiger partial charge in [0.15, 0.2) is 0 Å². The molecular weight excluding hydrogens is 340 g/mol. The molecule has 114 valence electrons. The van der Waals surface area contributed by atoms with Crippen molar-refractivity contribution in [3.63, 3.8) is 0 Å². The minimum Gasteiger partial charge on any atom is -1.00 e. The number of hydrogen-bond acceptors (Lipinski definition) is 9. The Balaban J connectivity index is 0. The second-order valence-electron chi connectivity index (χ2n) is 3.79. The SMILES string of the molecule is O=C(Nc1cccc(NC(=O)c2nn[nH]n2)n1)c1nn[nH]n1.[H-].[H-].[Na+].[Na+]. The first-order valence-corrected chi connectivity index (χ1v) is 5.79. The molecule has 3 aromatic heterocycles. The molecule has 2 amide bonds. The Bertz CT molecular complexity index is 738. The van der Waals surface area contributed by atoms with Crippen LogP contribution in [0.4, 0.5) is 11.6 Å². The van der Waals surface area contributed by atoms with Gasteiger partial charge < -0.3 is 13.5 Å². The van der Waals surface area contributed by atoms with Crippen molar-refractivity contribution in [1.29, 1.82) is 0 Å². The fourth-order valence-electron chi connectivity index (χ4n) is 1.43. The van der Waals surface area contributed by atoms with Gasteiger partial charge in [0.05, 0.1) is 0 Å². The summed E-state index contributed by atoms with van der Waals surface area (Å²) in [5.74, 6) is -1.07. The summed E-state index contributed by atoms with van der Waals surface area (Å²) >= 11 is 0. The largest absolute Gasteiger partial charge is 1.00 e. The van der Waals surface area contributed by atoms with Crippen molar-refractivity contribution < 1.29 is 71.6 Å². The van der Waals surface area contributed by atoms with Crippen molar-refractivity contribution in [2.45, 2.75) is 0 Å². The maximum Gasteiger partial charge on any atom is 1.00 e. The van der Waals surface area contributed by atoms with E-state index < -0.39 is 11.8 Å². The van der Waals surface area contributed by atoms with Crippen LogP contribution in [-0.4, -0.2) is 58.0 Å². The van der Waals surface area contributed by atoms with Gasteiger partial charge in [0, 0.05) is 0 Å². The second-order valence-corrected chi connectivity index (χ2v) is 3.79. The Hall–Kier alpha value is -1.77. The maximum atomic E-state index is 11.7. The molecule has 24 heavy (non-hydrogen) atoms. The Morgan fingerprint density at radius 1 is 0.875 bits per heavy atom.